The minimum Gasteiger partial charge on any atom is -0.480 e. The number of hydrogen-bond donors (Lipinski definition) is 3. The molecule has 1 aliphatic heterocycles. The average Bonchev–Trinajstić information content (AvgIpc) is 2.84. The number of carbonyl (C=O) groups excluding carboxylic acids is 3. The molecule has 1 fully saturated rings. The number of carboxylic acids is 2. The molecule has 0 aliphatic carbocycles. The van der Waals surface area contributed by atoms with Gasteiger partial charge in [-0.2, -0.15) is 0 Å². The molecule has 1 aliphatic rings. The van der Waals surface area contributed by atoms with Crippen molar-refractivity contribution in [3.63, 3.8) is 0 Å². The van der Waals surface area contributed by atoms with Gasteiger partial charge in [0.05, 0.1) is 16.5 Å². The number of carboxylic acid groups (broad SMARTS) is 2. The lowest BCUT2D eigenvalue weighted by atomic mass is 10.2. The van der Waals surface area contributed by atoms with Gasteiger partial charge >= 0.3 is 11.9 Å². The number of aliphatic carboxylic acids is 1. The number of rotatable bonds is 7. The zero-order valence-electron chi connectivity index (χ0n) is 13.7. The van der Waals surface area contributed by atoms with Crippen LogP contribution in [0, 0.1) is 0 Å². The van der Waals surface area contributed by atoms with Crippen LogP contribution in [0.1, 0.15) is 23.7 Å². The molecule has 0 bridgehead atoms. The maximum atomic E-state index is 12.5. The molecule has 9 nitrogen and oxygen atoms in total. The second-order valence-electron chi connectivity index (χ2n) is 5.54. The van der Waals surface area contributed by atoms with Crippen molar-refractivity contribution in [2.45, 2.75) is 24.6 Å². The first-order valence-electron chi connectivity index (χ1n) is 7.52. The summed E-state index contributed by atoms with van der Waals surface area (Å²) in [5.41, 5.74) is 0.0930. The van der Waals surface area contributed by atoms with Gasteiger partial charge in [-0.25, -0.2) is 14.5 Å². The predicted octanol–water partition coefficient (Wildman–Crippen LogP) is 0.339. The van der Waals surface area contributed by atoms with Crippen molar-refractivity contribution in [1.82, 2.24) is 5.32 Å². The largest absolute Gasteiger partial charge is 0.480 e. The number of aromatic carboxylic acids is 1. The fourth-order valence-electron chi connectivity index (χ4n) is 2.42. The molecular weight excluding hydrogens is 364 g/mol. The van der Waals surface area contributed by atoms with Crippen LogP contribution in [0.15, 0.2) is 24.3 Å². The van der Waals surface area contributed by atoms with Crippen LogP contribution < -0.4 is 10.2 Å². The molecule has 0 saturated carbocycles. The Balaban J connectivity index is 2.11. The average molecular weight is 380 g/mol. The van der Waals surface area contributed by atoms with E-state index in [1.807, 2.05) is 0 Å². The van der Waals surface area contributed by atoms with E-state index in [2.05, 4.69) is 5.32 Å². The van der Waals surface area contributed by atoms with Crippen molar-refractivity contribution in [3.05, 3.63) is 29.8 Å². The third kappa shape index (κ3) is 4.39. The Labute approximate surface area is 152 Å². The Morgan fingerprint density at radius 2 is 2.00 bits per heavy atom. The molecule has 3 N–H and O–H groups in total. The molecule has 1 aromatic rings. The Morgan fingerprint density at radius 3 is 2.58 bits per heavy atom. The van der Waals surface area contributed by atoms with Crippen LogP contribution in [0.2, 0.25) is 0 Å². The summed E-state index contributed by atoms with van der Waals surface area (Å²) >= 11 is 0.959. The summed E-state index contributed by atoms with van der Waals surface area (Å²) in [5, 5.41) is 19.6. The topological polar surface area (TPSA) is 141 Å². The zero-order chi connectivity index (χ0) is 19.4. The van der Waals surface area contributed by atoms with Crippen LogP contribution in [0.5, 0.6) is 0 Å². The first-order chi connectivity index (χ1) is 12.2. The van der Waals surface area contributed by atoms with Crippen LogP contribution in [-0.4, -0.2) is 56.9 Å². The summed E-state index contributed by atoms with van der Waals surface area (Å²) in [6.45, 7) is 1.18. The lowest BCUT2D eigenvalue weighted by molar-refractivity contribution is -0.140. The summed E-state index contributed by atoms with van der Waals surface area (Å²) in [4.78, 5) is 58.8. The van der Waals surface area contributed by atoms with Gasteiger partial charge < -0.3 is 15.5 Å². The van der Waals surface area contributed by atoms with Crippen LogP contribution in [0.4, 0.5) is 5.69 Å². The van der Waals surface area contributed by atoms with E-state index >= 15 is 0 Å². The van der Waals surface area contributed by atoms with Gasteiger partial charge in [0.25, 0.3) is 0 Å². The highest BCUT2D eigenvalue weighted by molar-refractivity contribution is 8.00. The van der Waals surface area contributed by atoms with Crippen molar-refractivity contribution >= 4 is 47.1 Å². The van der Waals surface area contributed by atoms with Gasteiger partial charge in [-0.1, -0.05) is 6.07 Å². The molecule has 0 unspecified atom stereocenters. The van der Waals surface area contributed by atoms with Gasteiger partial charge in [-0.05, 0) is 18.2 Å². The van der Waals surface area contributed by atoms with E-state index in [1.165, 1.54) is 31.2 Å². The summed E-state index contributed by atoms with van der Waals surface area (Å²) in [7, 11) is 0. The molecule has 10 heteroatoms. The minimum atomic E-state index is -1.24. The van der Waals surface area contributed by atoms with Gasteiger partial charge in [0.2, 0.25) is 17.7 Å². The Bertz CT molecular complexity index is 780. The Kier molecular flexibility index (Phi) is 5.98. The fourth-order valence-corrected chi connectivity index (χ4v) is 3.58. The number of nitrogens with zero attached hydrogens (tertiary/aromatic N) is 1. The molecule has 26 heavy (non-hydrogen) atoms. The normalized spacial score (nSPS) is 17.9. The van der Waals surface area contributed by atoms with Crippen LogP contribution >= 0.6 is 11.8 Å². The lowest BCUT2D eigenvalue weighted by Crippen LogP contribution is -2.42. The lowest BCUT2D eigenvalue weighted by Gasteiger charge is -2.17. The summed E-state index contributed by atoms with van der Waals surface area (Å²) < 4.78 is 0. The van der Waals surface area contributed by atoms with Gasteiger partial charge in [0, 0.05) is 19.1 Å². The Morgan fingerprint density at radius 1 is 1.31 bits per heavy atom. The van der Waals surface area contributed by atoms with Crippen LogP contribution in [0.25, 0.3) is 0 Å². The summed E-state index contributed by atoms with van der Waals surface area (Å²) in [6, 6.07) is 4.27. The molecule has 138 valence electrons. The van der Waals surface area contributed by atoms with Crippen molar-refractivity contribution in [1.29, 1.82) is 0 Å². The number of carbonyl (C=O) groups is 5. The van der Waals surface area contributed by atoms with Crippen molar-refractivity contribution in [3.8, 4) is 0 Å². The molecule has 1 saturated heterocycles. The van der Waals surface area contributed by atoms with E-state index in [0.29, 0.717) is 0 Å². The maximum absolute atomic E-state index is 12.5. The quantitative estimate of drug-likeness (QED) is 0.575. The molecular formula is C16H16N2O7S. The highest BCUT2D eigenvalue weighted by Crippen LogP contribution is 2.30. The van der Waals surface area contributed by atoms with E-state index in [0.717, 1.165) is 16.7 Å². The number of imide groups is 1. The predicted molar refractivity (Wildman–Crippen MR) is 92.0 cm³/mol. The van der Waals surface area contributed by atoms with E-state index in [4.69, 9.17) is 10.2 Å². The van der Waals surface area contributed by atoms with Crippen LogP contribution in [0.3, 0.4) is 0 Å². The molecule has 1 aromatic carbocycles. The standard InChI is InChI=1S/C16H16N2O7S/c1-8(19)17-11(16(24)25)7-26-12-6-13(20)18(14(12)21)10-4-2-3-9(5-10)15(22)23/h2-5,11-12H,6-7H2,1H3,(H,17,19)(H,22,23)(H,24,25)/t11-,12-/m1/s1. The third-order valence-electron chi connectivity index (χ3n) is 3.60. The second kappa shape index (κ2) is 8.00. The smallest absolute Gasteiger partial charge is 0.335 e. The fraction of sp³-hybridized carbons (Fsp3) is 0.312. The summed E-state index contributed by atoms with van der Waals surface area (Å²) in [5.74, 6) is -4.07. The number of anilines is 1. The third-order valence-corrected chi connectivity index (χ3v) is 4.89. The monoisotopic (exact) mass is 380 g/mol. The maximum Gasteiger partial charge on any atom is 0.335 e. The minimum absolute atomic E-state index is 0.0594. The molecule has 3 amide bonds. The molecule has 1 heterocycles. The van der Waals surface area contributed by atoms with Gasteiger partial charge in [0.15, 0.2) is 0 Å². The number of benzene rings is 1. The first kappa shape index (κ1) is 19.4. The number of amides is 3. The van der Waals surface area contributed by atoms with Gasteiger partial charge in [0.1, 0.15) is 6.04 Å². The SMILES string of the molecule is CC(=O)N[C@H](CS[C@@H]1CC(=O)N(c2cccc(C(=O)O)c2)C1=O)C(=O)O. The number of hydrogen-bond acceptors (Lipinski definition) is 6. The van der Waals surface area contributed by atoms with E-state index < -0.39 is 41.0 Å². The van der Waals surface area contributed by atoms with E-state index in [9.17, 15) is 24.0 Å². The molecule has 2 atom stereocenters. The van der Waals surface area contributed by atoms with Crippen LogP contribution in [-0.2, 0) is 19.2 Å². The molecule has 2 rings (SSSR count). The zero-order valence-corrected chi connectivity index (χ0v) is 14.5. The first-order valence-corrected chi connectivity index (χ1v) is 8.57. The second-order valence-corrected chi connectivity index (χ2v) is 6.78. The highest BCUT2D eigenvalue weighted by atomic mass is 32.2. The van der Waals surface area contributed by atoms with Crippen molar-refractivity contribution in [2.24, 2.45) is 0 Å². The molecule has 0 aromatic heterocycles. The number of nitrogens with one attached hydrogen (secondary N) is 1. The summed E-state index contributed by atoms with van der Waals surface area (Å²) in [6.07, 6.45) is -0.132. The Hall–Kier alpha value is -2.88. The highest BCUT2D eigenvalue weighted by Gasteiger charge is 2.40. The van der Waals surface area contributed by atoms with Crippen molar-refractivity contribution < 1.29 is 34.2 Å². The van der Waals surface area contributed by atoms with E-state index in [1.54, 1.807) is 0 Å². The molecule has 0 radical (unpaired) electrons. The number of thioether (sulfide) groups is 1. The van der Waals surface area contributed by atoms with Gasteiger partial charge in [-0.15, -0.1) is 11.8 Å². The van der Waals surface area contributed by atoms with E-state index in [-0.39, 0.29) is 23.4 Å². The van der Waals surface area contributed by atoms with Crippen molar-refractivity contribution in [2.75, 3.05) is 10.7 Å². The van der Waals surface area contributed by atoms with Gasteiger partial charge in [-0.3, -0.25) is 14.4 Å². The molecule has 0 spiro atoms.